The lowest BCUT2D eigenvalue weighted by atomic mass is 9.96. The summed E-state index contributed by atoms with van der Waals surface area (Å²) in [6.45, 7) is 7.70. The SMILES string of the molecule is CC1CCN(S(=O)(=O)NC2CCC(C)NC2C)CC1. The lowest BCUT2D eigenvalue weighted by Gasteiger charge is -2.36. The van der Waals surface area contributed by atoms with Crippen LogP contribution in [-0.4, -0.2) is 43.9 Å². The summed E-state index contributed by atoms with van der Waals surface area (Å²) in [7, 11) is -3.31. The maximum absolute atomic E-state index is 12.4. The van der Waals surface area contributed by atoms with Crippen molar-refractivity contribution in [3.8, 4) is 0 Å². The van der Waals surface area contributed by atoms with Crippen LogP contribution in [0.2, 0.25) is 0 Å². The van der Waals surface area contributed by atoms with Crippen molar-refractivity contribution in [1.82, 2.24) is 14.3 Å². The van der Waals surface area contributed by atoms with E-state index < -0.39 is 10.2 Å². The maximum Gasteiger partial charge on any atom is 0.279 e. The molecule has 19 heavy (non-hydrogen) atoms. The Balaban J connectivity index is 1.93. The van der Waals surface area contributed by atoms with Crippen molar-refractivity contribution in [1.29, 1.82) is 0 Å². The summed E-state index contributed by atoms with van der Waals surface area (Å²) >= 11 is 0. The summed E-state index contributed by atoms with van der Waals surface area (Å²) < 4.78 is 29.2. The molecular formula is C13H27N3O2S. The minimum atomic E-state index is -3.31. The van der Waals surface area contributed by atoms with Gasteiger partial charge in [-0.2, -0.15) is 17.4 Å². The molecule has 3 unspecified atom stereocenters. The number of hydrogen-bond donors (Lipinski definition) is 2. The molecular weight excluding hydrogens is 262 g/mol. The van der Waals surface area contributed by atoms with Crippen molar-refractivity contribution in [2.75, 3.05) is 13.1 Å². The number of nitrogens with one attached hydrogen (secondary N) is 2. The Morgan fingerprint density at radius 2 is 1.68 bits per heavy atom. The number of nitrogens with zero attached hydrogens (tertiary/aromatic N) is 1. The van der Waals surface area contributed by atoms with E-state index in [1.807, 2.05) is 0 Å². The molecule has 0 radical (unpaired) electrons. The van der Waals surface area contributed by atoms with Crippen LogP contribution in [0, 0.1) is 5.92 Å². The van der Waals surface area contributed by atoms with Gasteiger partial charge >= 0.3 is 0 Å². The zero-order valence-electron chi connectivity index (χ0n) is 12.2. The van der Waals surface area contributed by atoms with Gasteiger partial charge in [0.1, 0.15) is 0 Å². The normalized spacial score (nSPS) is 35.4. The fourth-order valence-corrected chi connectivity index (χ4v) is 4.53. The molecule has 2 heterocycles. The van der Waals surface area contributed by atoms with Crippen molar-refractivity contribution in [2.24, 2.45) is 5.92 Å². The van der Waals surface area contributed by atoms with Gasteiger partial charge in [0.2, 0.25) is 0 Å². The van der Waals surface area contributed by atoms with E-state index in [0.717, 1.165) is 25.7 Å². The van der Waals surface area contributed by atoms with Gasteiger partial charge in [-0.1, -0.05) is 6.92 Å². The number of piperidine rings is 2. The van der Waals surface area contributed by atoms with Crippen molar-refractivity contribution in [3.05, 3.63) is 0 Å². The first-order chi connectivity index (χ1) is 8.88. The van der Waals surface area contributed by atoms with Crippen LogP contribution in [0.15, 0.2) is 0 Å². The van der Waals surface area contributed by atoms with Gasteiger partial charge < -0.3 is 5.32 Å². The molecule has 0 bridgehead atoms. The van der Waals surface area contributed by atoms with E-state index in [0.29, 0.717) is 25.0 Å². The fourth-order valence-electron chi connectivity index (χ4n) is 2.98. The highest BCUT2D eigenvalue weighted by atomic mass is 32.2. The van der Waals surface area contributed by atoms with Gasteiger partial charge in [-0.15, -0.1) is 0 Å². The summed E-state index contributed by atoms with van der Waals surface area (Å²) in [4.78, 5) is 0. The van der Waals surface area contributed by atoms with Crippen LogP contribution in [0.25, 0.3) is 0 Å². The molecule has 0 saturated carbocycles. The topological polar surface area (TPSA) is 61.4 Å². The standard InChI is InChI=1S/C13H27N3O2S/c1-10-6-8-16(9-7-10)19(17,18)15-13-5-4-11(2)14-12(13)3/h10-15H,4-9H2,1-3H3. The molecule has 2 aliphatic rings. The second-order valence-electron chi connectivity index (χ2n) is 6.24. The van der Waals surface area contributed by atoms with Gasteiger partial charge in [-0.05, 0) is 45.4 Å². The average molecular weight is 289 g/mol. The molecule has 2 rings (SSSR count). The van der Waals surface area contributed by atoms with E-state index in [2.05, 4.69) is 30.8 Å². The lowest BCUT2D eigenvalue weighted by molar-refractivity contribution is 0.267. The van der Waals surface area contributed by atoms with Crippen LogP contribution < -0.4 is 10.0 Å². The first kappa shape index (κ1) is 15.2. The second kappa shape index (κ2) is 6.08. The van der Waals surface area contributed by atoms with Crippen LogP contribution in [-0.2, 0) is 10.2 Å². The Bertz CT molecular complexity index is 391. The van der Waals surface area contributed by atoms with Crippen LogP contribution in [0.5, 0.6) is 0 Å². The fraction of sp³-hybridized carbons (Fsp3) is 1.00. The Hall–Kier alpha value is -0.170. The Morgan fingerprint density at radius 1 is 1.05 bits per heavy atom. The van der Waals surface area contributed by atoms with Crippen molar-refractivity contribution >= 4 is 10.2 Å². The molecule has 0 amide bonds. The van der Waals surface area contributed by atoms with Gasteiger partial charge in [-0.25, -0.2) is 0 Å². The number of hydrogen-bond acceptors (Lipinski definition) is 3. The molecule has 2 saturated heterocycles. The third kappa shape index (κ3) is 3.90. The first-order valence-electron chi connectivity index (χ1n) is 7.42. The quantitative estimate of drug-likeness (QED) is 0.817. The van der Waals surface area contributed by atoms with Gasteiger partial charge in [0.25, 0.3) is 10.2 Å². The highest BCUT2D eigenvalue weighted by Crippen LogP contribution is 2.20. The molecule has 2 aliphatic heterocycles. The van der Waals surface area contributed by atoms with E-state index in [9.17, 15) is 8.42 Å². The summed E-state index contributed by atoms with van der Waals surface area (Å²) in [5.41, 5.74) is 0. The van der Waals surface area contributed by atoms with Crippen LogP contribution in [0.4, 0.5) is 0 Å². The molecule has 0 spiro atoms. The third-order valence-electron chi connectivity index (χ3n) is 4.44. The van der Waals surface area contributed by atoms with Crippen LogP contribution >= 0.6 is 0 Å². The van der Waals surface area contributed by atoms with Crippen molar-refractivity contribution < 1.29 is 8.42 Å². The smallest absolute Gasteiger partial charge is 0.279 e. The molecule has 6 heteroatoms. The molecule has 2 fully saturated rings. The average Bonchev–Trinajstić information content (AvgIpc) is 2.33. The van der Waals surface area contributed by atoms with Gasteiger partial charge in [0.05, 0.1) is 0 Å². The van der Waals surface area contributed by atoms with E-state index in [4.69, 9.17) is 0 Å². The molecule has 0 aliphatic carbocycles. The summed E-state index contributed by atoms with van der Waals surface area (Å²) in [5.74, 6) is 0.641. The van der Waals surface area contributed by atoms with Crippen LogP contribution in [0.3, 0.4) is 0 Å². The zero-order valence-corrected chi connectivity index (χ0v) is 13.0. The minimum Gasteiger partial charge on any atom is -0.310 e. The monoisotopic (exact) mass is 289 g/mol. The van der Waals surface area contributed by atoms with Gasteiger partial charge in [0.15, 0.2) is 0 Å². The maximum atomic E-state index is 12.4. The molecule has 0 aromatic carbocycles. The van der Waals surface area contributed by atoms with E-state index in [-0.39, 0.29) is 12.1 Å². The lowest BCUT2D eigenvalue weighted by Crippen LogP contribution is -2.57. The first-order valence-corrected chi connectivity index (χ1v) is 8.86. The second-order valence-corrected chi connectivity index (χ2v) is 7.95. The third-order valence-corrected chi connectivity index (χ3v) is 6.09. The van der Waals surface area contributed by atoms with E-state index in [1.54, 1.807) is 4.31 Å². The van der Waals surface area contributed by atoms with E-state index >= 15 is 0 Å². The zero-order chi connectivity index (χ0) is 14.0. The molecule has 3 atom stereocenters. The van der Waals surface area contributed by atoms with Gasteiger partial charge in [0, 0.05) is 31.2 Å². The highest BCUT2D eigenvalue weighted by molar-refractivity contribution is 7.87. The molecule has 5 nitrogen and oxygen atoms in total. The summed E-state index contributed by atoms with van der Waals surface area (Å²) in [6, 6.07) is 0.689. The minimum absolute atomic E-state index is 0.0144. The Kier molecular flexibility index (Phi) is 4.87. The van der Waals surface area contributed by atoms with Crippen molar-refractivity contribution in [2.45, 2.75) is 64.6 Å². The molecule has 0 aromatic rings. The Labute approximate surface area is 117 Å². The predicted octanol–water partition coefficient (Wildman–Crippen LogP) is 1.08. The largest absolute Gasteiger partial charge is 0.310 e. The van der Waals surface area contributed by atoms with Crippen LogP contribution in [0.1, 0.15) is 46.5 Å². The van der Waals surface area contributed by atoms with Crippen molar-refractivity contribution in [3.63, 3.8) is 0 Å². The summed E-state index contributed by atoms with van der Waals surface area (Å²) in [6.07, 6.45) is 3.88. The predicted molar refractivity (Wildman–Crippen MR) is 77.1 cm³/mol. The molecule has 0 aromatic heterocycles. The highest BCUT2D eigenvalue weighted by Gasteiger charge is 2.32. The summed E-state index contributed by atoms with van der Waals surface area (Å²) in [5, 5.41) is 3.42. The number of rotatable bonds is 3. The molecule has 2 N–H and O–H groups in total. The Morgan fingerprint density at radius 3 is 2.26 bits per heavy atom. The molecule has 112 valence electrons. The van der Waals surface area contributed by atoms with Gasteiger partial charge in [-0.3, -0.25) is 0 Å². The van der Waals surface area contributed by atoms with E-state index in [1.165, 1.54) is 0 Å².